The van der Waals surface area contributed by atoms with Crippen LogP contribution in [0.15, 0.2) is 18.2 Å². The molecular weight excluding hydrogens is 285 g/mol. The molecular formula is C12H18FN3O3S. The fourth-order valence-electron chi connectivity index (χ4n) is 1.54. The number of rotatable bonds is 6. The van der Waals surface area contributed by atoms with E-state index in [2.05, 4.69) is 10.6 Å². The van der Waals surface area contributed by atoms with E-state index in [1.807, 2.05) is 0 Å². The van der Waals surface area contributed by atoms with Gasteiger partial charge in [0.2, 0.25) is 10.0 Å². The summed E-state index contributed by atoms with van der Waals surface area (Å²) in [7, 11) is 0.974. The van der Waals surface area contributed by atoms with Crippen LogP contribution < -0.4 is 10.6 Å². The van der Waals surface area contributed by atoms with Gasteiger partial charge in [0.05, 0.1) is 17.0 Å². The van der Waals surface area contributed by atoms with Gasteiger partial charge in [0.25, 0.3) is 5.91 Å². The summed E-state index contributed by atoms with van der Waals surface area (Å²) >= 11 is 0. The van der Waals surface area contributed by atoms with Gasteiger partial charge in [0.1, 0.15) is 5.82 Å². The van der Waals surface area contributed by atoms with Crippen LogP contribution in [-0.4, -0.2) is 52.1 Å². The van der Waals surface area contributed by atoms with Crippen LogP contribution in [-0.2, 0) is 10.0 Å². The van der Waals surface area contributed by atoms with Crippen LogP contribution in [0, 0.1) is 5.82 Å². The lowest BCUT2D eigenvalue weighted by Crippen LogP contribution is -2.34. The minimum atomic E-state index is -3.37. The molecule has 0 atom stereocenters. The zero-order valence-corrected chi connectivity index (χ0v) is 12.4. The van der Waals surface area contributed by atoms with E-state index in [0.717, 1.165) is 4.31 Å². The molecule has 0 aromatic heterocycles. The largest absolute Gasteiger partial charge is 0.385 e. The summed E-state index contributed by atoms with van der Waals surface area (Å²) in [4.78, 5) is 11.9. The van der Waals surface area contributed by atoms with Crippen molar-refractivity contribution in [2.24, 2.45) is 0 Å². The number of para-hydroxylation sites is 1. The molecule has 0 fully saturated rings. The Labute approximate surface area is 118 Å². The first-order valence-corrected chi connectivity index (χ1v) is 7.55. The van der Waals surface area contributed by atoms with Crippen molar-refractivity contribution in [2.45, 2.75) is 0 Å². The number of anilines is 1. The zero-order valence-electron chi connectivity index (χ0n) is 11.6. The van der Waals surface area contributed by atoms with Crippen molar-refractivity contribution in [1.82, 2.24) is 9.62 Å². The number of amides is 1. The summed E-state index contributed by atoms with van der Waals surface area (Å²) < 4.78 is 37.6. The molecule has 0 radical (unpaired) electrons. The molecule has 1 aromatic carbocycles. The topological polar surface area (TPSA) is 78.5 Å². The van der Waals surface area contributed by atoms with Gasteiger partial charge < -0.3 is 10.6 Å². The predicted octanol–water partition coefficient (Wildman–Crippen LogP) is 0.489. The first kappa shape index (κ1) is 16.4. The molecule has 0 spiro atoms. The highest BCUT2D eigenvalue weighted by atomic mass is 32.2. The fourth-order valence-corrected chi connectivity index (χ4v) is 2.26. The number of benzene rings is 1. The summed E-state index contributed by atoms with van der Waals surface area (Å²) in [6.07, 6.45) is 0. The Morgan fingerprint density at radius 1 is 1.35 bits per heavy atom. The lowest BCUT2D eigenvalue weighted by Gasteiger charge is -2.13. The average Bonchev–Trinajstić information content (AvgIpc) is 2.37. The Morgan fingerprint density at radius 3 is 2.55 bits per heavy atom. The number of halogens is 1. The second-order valence-corrected chi connectivity index (χ2v) is 6.57. The van der Waals surface area contributed by atoms with Crippen molar-refractivity contribution < 1.29 is 17.6 Å². The Kier molecular flexibility index (Phi) is 5.46. The molecule has 1 rings (SSSR count). The van der Waals surface area contributed by atoms with Crippen LogP contribution in [0.1, 0.15) is 10.4 Å². The zero-order chi connectivity index (χ0) is 15.3. The molecule has 0 heterocycles. The van der Waals surface area contributed by atoms with Gasteiger partial charge in [-0.3, -0.25) is 4.79 Å². The van der Waals surface area contributed by atoms with Gasteiger partial charge in [-0.25, -0.2) is 17.1 Å². The monoisotopic (exact) mass is 303 g/mol. The first-order valence-electron chi connectivity index (χ1n) is 5.94. The van der Waals surface area contributed by atoms with E-state index in [-0.39, 0.29) is 23.5 Å². The van der Waals surface area contributed by atoms with Gasteiger partial charge in [0.15, 0.2) is 0 Å². The highest BCUT2D eigenvalue weighted by Crippen LogP contribution is 2.18. The Hall–Kier alpha value is -1.67. The molecule has 0 unspecified atom stereocenters. The molecule has 20 heavy (non-hydrogen) atoms. The standard InChI is InChI=1S/C12H18FN3O3S/c1-14-11-9(5-4-6-10(11)13)12(17)15-7-8-20(18,19)16(2)3/h4-6,14H,7-8H2,1-3H3,(H,15,17). The summed E-state index contributed by atoms with van der Waals surface area (Å²) in [5, 5.41) is 5.07. The summed E-state index contributed by atoms with van der Waals surface area (Å²) in [6, 6.07) is 4.12. The lowest BCUT2D eigenvalue weighted by molar-refractivity contribution is 0.0956. The average molecular weight is 303 g/mol. The smallest absolute Gasteiger partial charge is 0.253 e. The maximum absolute atomic E-state index is 13.5. The molecule has 1 aromatic rings. The molecule has 8 heteroatoms. The molecule has 0 bridgehead atoms. The third kappa shape index (κ3) is 3.91. The van der Waals surface area contributed by atoms with Gasteiger partial charge in [0, 0.05) is 27.7 Å². The van der Waals surface area contributed by atoms with E-state index in [4.69, 9.17) is 0 Å². The maximum atomic E-state index is 13.5. The van der Waals surface area contributed by atoms with Crippen molar-refractivity contribution in [3.8, 4) is 0 Å². The van der Waals surface area contributed by atoms with Crippen molar-refractivity contribution in [3.05, 3.63) is 29.6 Å². The number of carbonyl (C=O) groups is 1. The molecule has 6 nitrogen and oxygen atoms in total. The lowest BCUT2D eigenvalue weighted by atomic mass is 10.1. The van der Waals surface area contributed by atoms with E-state index < -0.39 is 21.7 Å². The predicted molar refractivity (Wildman–Crippen MR) is 75.8 cm³/mol. The highest BCUT2D eigenvalue weighted by Gasteiger charge is 2.16. The van der Waals surface area contributed by atoms with E-state index in [1.54, 1.807) is 0 Å². The summed E-state index contributed by atoms with van der Waals surface area (Å²) in [5.41, 5.74) is 0.218. The molecule has 1 amide bonds. The van der Waals surface area contributed by atoms with Crippen LogP contribution in [0.5, 0.6) is 0 Å². The maximum Gasteiger partial charge on any atom is 0.253 e. The second kappa shape index (κ2) is 6.67. The highest BCUT2D eigenvalue weighted by molar-refractivity contribution is 7.89. The quantitative estimate of drug-likeness (QED) is 0.801. The number of nitrogens with one attached hydrogen (secondary N) is 2. The van der Waals surface area contributed by atoms with Crippen molar-refractivity contribution in [3.63, 3.8) is 0 Å². The molecule has 0 aliphatic carbocycles. The molecule has 2 N–H and O–H groups in total. The summed E-state index contributed by atoms with van der Waals surface area (Å²) in [5.74, 6) is -1.28. The molecule has 0 aliphatic rings. The van der Waals surface area contributed by atoms with Gasteiger partial charge in [-0.15, -0.1) is 0 Å². The number of nitrogens with zero attached hydrogens (tertiary/aromatic N) is 1. The van der Waals surface area contributed by atoms with Crippen molar-refractivity contribution >= 4 is 21.6 Å². The number of carbonyl (C=O) groups excluding carboxylic acids is 1. The Balaban J connectivity index is 2.72. The van der Waals surface area contributed by atoms with Crippen LogP contribution in [0.3, 0.4) is 0 Å². The van der Waals surface area contributed by atoms with Gasteiger partial charge in [-0.05, 0) is 12.1 Å². The molecule has 0 saturated heterocycles. The Bertz CT molecular complexity index is 588. The van der Waals surface area contributed by atoms with Crippen LogP contribution in [0.2, 0.25) is 0 Å². The SMILES string of the molecule is CNc1c(F)cccc1C(=O)NCCS(=O)(=O)N(C)C. The van der Waals surface area contributed by atoms with Gasteiger partial charge in [-0.1, -0.05) is 6.07 Å². The number of sulfonamides is 1. The summed E-state index contributed by atoms with van der Waals surface area (Å²) in [6.45, 7) is -0.0426. The molecule has 0 aliphatic heterocycles. The fraction of sp³-hybridized carbons (Fsp3) is 0.417. The number of hydrogen-bond acceptors (Lipinski definition) is 4. The normalized spacial score (nSPS) is 11.4. The third-order valence-corrected chi connectivity index (χ3v) is 4.54. The van der Waals surface area contributed by atoms with Crippen LogP contribution in [0.25, 0.3) is 0 Å². The Morgan fingerprint density at radius 2 is 2.00 bits per heavy atom. The first-order chi connectivity index (χ1) is 9.29. The molecule has 0 saturated carbocycles. The number of hydrogen-bond donors (Lipinski definition) is 2. The van der Waals surface area contributed by atoms with E-state index >= 15 is 0 Å². The van der Waals surface area contributed by atoms with Crippen molar-refractivity contribution in [1.29, 1.82) is 0 Å². The second-order valence-electron chi connectivity index (χ2n) is 4.27. The van der Waals surface area contributed by atoms with Crippen molar-refractivity contribution in [2.75, 3.05) is 38.8 Å². The van der Waals surface area contributed by atoms with Gasteiger partial charge >= 0.3 is 0 Å². The molecule has 112 valence electrons. The van der Waals surface area contributed by atoms with E-state index in [9.17, 15) is 17.6 Å². The minimum absolute atomic E-state index is 0.0426. The van der Waals surface area contributed by atoms with Crippen LogP contribution >= 0.6 is 0 Å². The van der Waals surface area contributed by atoms with E-state index in [0.29, 0.717) is 0 Å². The minimum Gasteiger partial charge on any atom is -0.385 e. The van der Waals surface area contributed by atoms with Crippen LogP contribution in [0.4, 0.5) is 10.1 Å². The van der Waals surface area contributed by atoms with E-state index in [1.165, 1.54) is 39.3 Å². The van der Waals surface area contributed by atoms with Gasteiger partial charge in [-0.2, -0.15) is 0 Å². The third-order valence-electron chi connectivity index (χ3n) is 2.71.